The Morgan fingerprint density at radius 1 is 1.32 bits per heavy atom. The molecule has 0 spiro atoms. The quantitative estimate of drug-likeness (QED) is 0.680. The average Bonchev–Trinajstić information content (AvgIpc) is 2.47. The van der Waals surface area contributed by atoms with Gasteiger partial charge < -0.3 is 10.1 Å². The first kappa shape index (κ1) is 15.4. The van der Waals surface area contributed by atoms with Gasteiger partial charge in [-0.3, -0.25) is 14.9 Å². The molecule has 6 nitrogen and oxygen atoms in total. The number of rotatable bonds is 5. The van der Waals surface area contributed by atoms with E-state index in [1.807, 2.05) is 0 Å². The molecule has 2 rings (SSSR count). The van der Waals surface area contributed by atoms with E-state index in [9.17, 15) is 19.3 Å². The van der Waals surface area contributed by atoms with Crippen molar-refractivity contribution in [2.45, 2.75) is 6.92 Å². The maximum atomic E-state index is 13.4. The fraction of sp³-hybridized carbons (Fsp3) is 0.133. The second-order valence-corrected chi connectivity index (χ2v) is 4.54. The zero-order valence-corrected chi connectivity index (χ0v) is 11.7. The molecule has 0 aliphatic heterocycles. The molecule has 1 amide bonds. The molecule has 0 aromatic heterocycles. The summed E-state index contributed by atoms with van der Waals surface area (Å²) in [7, 11) is 0. The van der Waals surface area contributed by atoms with Gasteiger partial charge in [0.1, 0.15) is 5.82 Å². The number of nitro groups is 1. The lowest BCUT2D eigenvalue weighted by Crippen LogP contribution is -2.21. The first-order chi connectivity index (χ1) is 10.5. The molecule has 0 unspecified atom stereocenters. The Labute approximate surface area is 125 Å². The van der Waals surface area contributed by atoms with Gasteiger partial charge in [0.2, 0.25) is 0 Å². The number of para-hydroxylation sites is 1. The number of nitrogens with one attached hydrogen (secondary N) is 1. The summed E-state index contributed by atoms with van der Waals surface area (Å²) in [4.78, 5) is 22.0. The third-order valence-corrected chi connectivity index (χ3v) is 2.82. The van der Waals surface area contributed by atoms with E-state index in [-0.39, 0.29) is 17.1 Å². The minimum atomic E-state index is -0.610. The van der Waals surface area contributed by atoms with Crippen LogP contribution < -0.4 is 10.1 Å². The van der Waals surface area contributed by atoms with Crippen molar-refractivity contribution in [1.29, 1.82) is 0 Å². The number of carbonyl (C=O) groups excluding carboxylic acids is 1. The summed E-state index contributed by atoms with van der Waals surface area (Å²) in [6.45, 7) is 1.29. The van der Waals surface area contributed by atoms with Gasteiger partial charge in [0.25, 0.3) is 5.91 Å². The van der Waals surface area contributed by atoms with Crippen molar-refractivity contribution in [3.63, 3.8) is 0 Å². The lowest BCUT2D eigenvalue weighted by atomic mass is 10.2. The summed E-state index contributed by atoms with van der Waals surface area (Å²) < 4.78 is 18.6. The van der Waals surface area contributed by atoms with Gasteiger partial charge in [0, 0.05) is 6.07 Å². The Morgan fingerprint density at radius 2 is 2.05 bits per heavy atom. The second-order valence-electron chi connectivity index (χ2n) is 4.54. The van der Waals surface area contributed by atoms with Crippen LogP contribution in [0.15, 0.2) is 42.5 Å². The summed E-state index contributed by atoms with van der Waals surface area (Å²) >= 11 is 0. The molecule has 2 aromatic rings. The van der Waals surface area contributed by atoms with Gasteiger partial charge in [-0.15, -0.1) is 0 Å². The van der Waals surface area contributed by atoms with E-state index in [1.165, 1.54) is 30.3 Å². The minimum Gasteiger partial charge on any atom is -0.477 e. The van der Waals surface area contributed by atoms with Crippen molar-refractivity contribution < 1.29 is 18.8 Å². The molecule has 0 aliphatic rings. The normalized spacial score (nSPS) is 10.1. The predicted molar refractivity (Wildman–Crippen MR) is 78.4 cm³/mol. The number of nitro benzene ring substituents is 1. The van der Waals surface area contributed by atoms with E-state index in [4.69, 9.17) is 4.74 Å². The highest BCUT2D eigenvalue weighted by molar-refractivity contribution is 5.92. The van der Waals surface area contributed by atoms with E-state index in [1.54, 1.807) is 19.1 Å². The number of hydrogen-bond donors (Lipinski definition) is 1. The Balaban J connectivity index is 2.04. The highest BCUT2D eigenvalue weighted by Crippen LogP contribution is 2.27. The van der Waals surface area contributed by atoms with Crippen LogP contribution in [0.3, 0.4) is 0 Å². The SMILES string of the molecule is Cc1ccc([N+](=O)[O-])c(OCC(=O)Nc2ccccc2F)c1. The van der Waals surface area contributed by atoms with Crippen LogP contribution in [0.25, 0.3) is 0 Å². The first-order valence-electron chi connectivity index (χ1n) is 6.39. The van der Waals surface area contributed by atoms with E-state index >= 15 is 0 Å². The summed E-state index contributed by atoms with van der Waals surface area (Å²) in [5.74, 6) is -1.19. The number of anilines is 1. The Morgan fingerprint density at radius 3 is 2.73 bits per heavy atom. The zero-order chi connectivity index (χ0) is 16.1. The highest BCUT2D eigenvalue weighted by Gasteiger charge is 2.16. The fourth-order valence-corrected chi connectivity index (χ4v) is 1.78. The first-order valence-corrected chi connectivity index (χ1v) is 6.39. The van der Waals surface area contributed by atoms with Crippen molar-refractivity contribution in [1.82, 2.24) is 0 Å². The van der Waals surface area contributed by atoms with Gasteiger partial charge in [-0.05, 0) is 30.7 Å². The molecule has 0 saturated carbocycles. The average molecular weight is 304 g/mol. The van der Waals surface area contributed by atoms with Crippen LogP contribution >= 0.6 is 0 Å². The third-order valence-electron chi connectivity index (χ3n) is 2.82. The Kier molecular flexibility index (Phi) is 4.67. The van der Waals surface area contributed by atoms with Gasteiger partial charge in [-0.25, -0.2) is 4.39 Å². The monoisotopic (exact) mass is 304 g/mol. The van der Waals surface area contributed by atoms with E-state index in [2.05, 4.69) is 5.32 Å². The van der Waals surface area contributed by atoms with Gasteiger partial charge >= 0.3 is 5.69 Å². The van der Waals surface area contributed by atoms with Gasteiger partial charge in [0.05, 0.1) is 10.6 Å². The van der Waals surface area contributed by atoms with Crippen LogP contribution in [-0.4, -0.2) is 17.4 Å². The predicted octanol–water partition coefficient (Wildman–Crippen LogP) is 3.06. The molecule has 2 aromatic carbocycles. The second kappa shape index (κ2) is 6.66. The third kappa shape index (κ3) is 3.78. The molecular formula is C15H13FN2O4. The molecule has 0 heterocycles. The van der Waals surface area contributed by atoms with Crippen molar-refractivity contribution >= 4 is 17.3 Å². The Hall–Kier alpha value is -2.96. The van der Waals surface area contributed by atoms with Crippen molar-refractivity contribution in [3.05, 3.63) is 64.0 Å². The molecule has 0 atom stereocenters. The summed E-state index contributed by atoms with van der Waals surface area (Å²) in [6.07, 6.45) is 0. The van der Waals surface area contributed by atoms with Crippen LogP contribution in [0, 0.1) is 22.9 Å². The van der Waals surface area contributed by atoms with Gasteiger partial charge in [0.15, 0.2) is 12.4 Å². The largest absolute Gasteiger partial charge is 0.477 e. The van der Waals surface area contributed by atoms with Crippen LogP contribution in [0.4, 0.5) is 15.8 Å². The molecule has 0 aliphatic carbocycles. The van der Waals surface area contributed by atoms with Crippen LogP contribution in [-0.2, 0) is 4.79 Å². The smallest absolute Gasteiger partial charge is 0.310 e. The van der Waals surface area contributed by atoms with Gasteiger partial charge in [-0.1, -0.05) is 18.2 Å². The molecular weight excluding hydrogens is 291 g/mol. The van der Waals surface area contributed by atoms with Crippen LogP contribution in [0.5, 0.6) is 5.75 Å². The van der Waals surface area contributed by atoms with Crippen molar-refractivity contribution in [2.24, 2.45) is 0 Å². The fourth-order valence-electron chi connectivity index (χ4n) is 1.78. The summed E-state index contributed by atoms with van der Waals surface area (Å²) in [5, 5.41) is 13.2. The lowest BCUT2D eigenvalue weighted by Gasteiger charge is -2.09. The number of hydrogen-bond acceptors (Lipinski definition) is 4. The number of nitrogens with zero attached hydrogens (tertiary/aromatic N) is 1. The number of halogens is 1. The molecule has 22 heavy (non-hydrogen) atoms. The maximum Gasteiger partial charge on any atom is 0.310 e. The number of aryl methyl sites for hydroxylation is 1. The number of ether oxygens (including phenoxy) is 1. The molecule has 0 saturated heterocycles. The standard InChI is InChI=1S/C15H13FN2O4/c1-10-6-7-13(18(20)21)14(8-10)22-9-15(19)17-12-5-3-2-4-11(12)16/h2-8H,9H2,1H3,(H,17,19). The van der Waals surface area contributed by atoms with Gasteiger partial charge in [-0.2, -0.15) is 0 Å². The topological polar surface area (TPSA) is 81.5 Å². The lowest BCUT2D eigenvalue weighted by molar-refractivity contribution is -0.385. The van der Waals surface area contributed by atoms with Crippen LogP contribution in [0.1, 0.15) is 5.56 Å². The maximum absolute atomic E-state index is 13.4. The number of benzene rings is 2. The molecule has 0 radical (unpaired) electrons. The van der Waals surface area contributed by atoms with E-state index < -0.39 is 23.3 Å². The van der Waals surface area contributed by atoms with E-state index in [0.717, 1.165) is 5.56 Å². The molecule has 0 bridgehead atoms. The summed E-state index contributed by atoms with van der Waals surface area (Å²) in [6, 6.07) is 10.0. The highest BCUT2D eigenvalue weighted by atomic mass is 19.1. The van der Waals surface area contributed by atoms with E-state index in [0.29, 0.717) is 0 Å². The molecule has 1 N–H and O–H groups in total. The van der Waals surface area contributed by atoms with Crippen molar-refractivity contribution in [3.8, 4) is 5.75 Å². The van der Waals surface area contributed by atoms with Crippen LogP contribution in [0.2, 0.25) is 0 Å². The molecule has 0 fully saturated rings. The molecule has 7 heteroatoms. The summed E-state index contributed by atoms with van der Waals surface area (Å²) in [5.41, 5.74) is 0.550. The Bertz CT molecular complexity index is 718. The molecule has 114 valence electrons. The van der Waals surface area contributed by atoms with Crippen molar-refractivity contribution in [2.75, 3.05) is 11.9 Å². The number of amides is 1. The zero-order valence-electron chi connectivity index (χ0n) is 11.7. The number of carbonyl (C=O) groups is 1. The minimum absolute atomic E-state index is 0.00585.